The van der Waals surface area contributed by atoms with Crippen LogP contribution < -0.4 is 0 Å². The largest absolute Gasteiger partial charge is 0.444 e. The maximum atomic E-state index is 12.4. The van der Waals surface area contributed by atoms with Crippen LogP contribution in [0.25, 0.3) is 15.8 Å². The highest BCUT2D eigenvalue weighted by Crippen LogP contribution is 2.34. The molecule has 3 heterocycles. The Bertz CT molecular complexity index is 761. The Morgan fingerprint density at radius 2 is 2.30 bits per heavy atom. The number of pyridine rings is 1. The molecule has 0 bridgehead atoms. The normalized spacial score (nSPS) is 18.3. The van der Waals surface area contributed by atoms with Crippen LogP contribution in [-0.4, -0.2) is 45.9 Å². The predicted octanol–water partition coefficient (Wildman–Crippen LogP) is 3.29. The van der Waals surface area contributed by atoms with Crippen molar-refractivity contribution >= 4 is 33.2 Å². The number of carbonyl (C=O) groups is 1. The maximum Gasteiger partial charge on any atom is 0.411 e. The summed E-state index contributed by atoms with van der Waals surface area (Å²) in [6, 6.07) is 3.58. The summed E-state index contributed by atoms with van der Waals surface area (Å²) in [5, 5.41) is 12.7. The number of hydrogen-bond acceptors (Lipinski definition) is 5. The Morgan fingerprint density at radius 3 is 3.00 bits per heavy atom. The fourth-order valence-corrected chi connectivity index (χ4v) is 3.57. The number of ether oxygens (including phenoxy) is 1. The van der Waals surface area contributed by atoms with Gasteiger partial charge in [-0.1, -0.05) is 6.08 Å². The number of carbonyl (C=O) groups excluding carboxylic acids is 1. The van der Waals surface area contributed by atoms with E-state index >= 15 is 0 Å². The molecule has 0 radical (unpaired) electrons. The van der Waals surface area contributed by atoms with Gasteiger partial charge in [0.05, 0.1) is 19.2 Å². The summed E-state index contributed by atoms with van der Waals surface area (Å²) in [5.41, 5.74) is 1.54. The van der Waals surface area contributed by atoms with Crippen molar-refractivity contribution < 1.29 is 14.6 Å². The molecular formula is C17H20N2O3S. The van der Waals surface area contributed by atoms with Gasteiger partial charge in [0.1, 0.15) is 10.4 Å². The number of rotatable bonds is 2. The van der Waals surface area contributed by atoms with Gasteiger partial charge in [0.25, 0.3) is 0 Å². The molecule has 122 valence electrons. The lowest BCUT2D eigenvalue weighted by atomic mass is 10.1. The van der Waals surface area contributed by atoms with E-state index in [9.17, 15) is 9.90 Å². The molecule has 0 saturated carbocycles. The summed E-state index contributed by atoms with van der Waals surface area (Å²) < 4.78 is 5.44. The van der Waals surface area contributed by atoms with Gasteiger partial charge in [0.15, 0.2) is 0 Å². The van der Waals surface area contributed by atoms with E-state index in [0.29, 0.717) is 6.54 Å². The van der Waals surface area contributed by atoms with E-state index in [1.54, 1.807) is 22.4 Å². The van der Waals surface area contributed by atoms with Gasteiger partial charge in [-0.15, -0.1) is 11.3 Å². The van der Waals surface area contributed by atoms with Crippen molar-refractivity contribution in [3.8, 4) is 0 Å². The van der Waals surface area contributed by atoms with Gasteiger partial charge in [-0.05, 0) is 44.0 Å². The minimum absolute atomic E-state index is 0.122. The van der Waals surface area contributed by atoms with Crippen LogP contribution in [0.15, 0.2) is 29.8 Å². The molecule has 1 unspecified atom stereocenters. The van der Waals surface area contributed by atoms with Gasteiger partial charge >= 0.3 is 6.09 Å². The number of aliphatic hydroxyl groups is 1. The predicted molar refractivity (Wildman–Crippen MR) is 91.4 cm³/mol. The zero-order chi connectivity index (χ0) is 16.6. The minimum Gasteiger partial charge on any atom is -0.444 e. The van der Waals surface area contributed by atoms with Crippen LogP contribution in [0.2, 0.25) is 0 Å². The van der Waals surface area contributed by atoms with Crippen LogP contribution in [0.1, 0.15) is 26.3 Å². The third kappa shape index (κ3) is 3.23. The average Bonchev–Trinajstić information content (AvgIpc) is 3.08. The molecule has 0 saturated heterocycles. The molecule has 5 nitrogen and oxygen atoms in total. The molecule has 2 aromatic rings. The van der Waals surface area contributed by atoms with Crippen LogP contribution in [0, 0.1) is 0 Å². The number of nitrogens with zero attached hydrogens (tertiary/aromatic N) is 2. The molecule has 1 atom stereocenters. The fourth-order valence-electron chi connectivity index (χ4n) is 2.64. The van der Waals surface area contributed by atoms with Crippen molar-refractivity contribution in [3.05, 3.63) is 35.3 Å². The Kier molecular flexibility index (Phi) is 4.12. The Labute approximate surface area is 139 Å². The lowest BCUT2D eigenvalue weighted by Gasteiger charge is -2.27. The van der Waals surface area contributed by atoms with E-state index in [1.807, 2.05) is 39.0 Å². The first kappa shape index (κ1) is 16.0. The number of fused-ring (bicyclic) bond motifs is 1. The lowest BCUT2D eigenvalue weighted by molar-refractivity contribution is 0.0200. The number of thiophene rings is 1. The van der Waals surface area contributed by atoms with Gasteiger partial charge in [-0.25, -0.2) is 9.78 Å². The first-order valence-electron chi connectivity index (χ1n) is 7.53. The summed E-state index contributed by atoms with van der Waals surface area (Å²) in [6.45, 7) is 5.81. The van der Waals surface area contributed by atoms with Crippen molar-refractivity contribution in [2.24, 2.45) is 0 Å². The highest BCUT2D eigenvalue weighted by molar-refractivity contribution is 7.17. The highest BCUT2D eigenvalue weighted by atomic mass is 32.1. The van der Waals surface area contributed by atoms with Gasteiger partial charge in [0, 0.05) is 17.0 Å². The molecule has 0 fully saturated rings. The minimum atomic E-state index is -0.557. The number of aliphatic hydroxyl groups excluding tert-OH is 1. The topological polar surface area (TPSA) is 62.7 Å². The third-order valence-corrected chi connectivity index (χ3v) is 4.55. The lowest BCUT2D eigenvalue weighted by Crippen LogP contribution is -2.41. The van der Waals surface area contributed by atoms with Crippen molar-refractivity contribution in [1.82, 2.24) is 9.88 Å². The summed E-state index contributed by atoms with van der Waals surface area (Å²) in [7, 11) is 0. The summed E-state index contributed by atoms with van der Waals surface area (Å²) in [5.74, 6) is 0. The van der Waals surface area contributed by atoms with Gasteiger partial charge in [-0.3, -0.25) is 4.90 Å². The van der Waals surface area contributed by atoms with E-state index in [0.717, 1.165) is 21.4 Å². The molecule has 0 spiro atoms. The quantitative estimate of drug-likeness (QED) is 0.916. The van der Waals surface area contributed by atoms with Crippen molar-refractivity contribution in [1.29, 1.82) is 0 Å². The fraction of sp³-hybridized carbons (Fsp3) is 0.412. The second kappa shape index (κ2) is 5.94. The molecule has 3 rings (SSSR count). The number of hydrogen-bond donors (Lipinski definition) is 1. The number of amides is 1. The third-order valence-electron chi connectivity index (χ3n) is 3.65. The summed E-state index contributed by atoms with van der Waals surface area (Å²) in [4.78, 5) is 19.3. The van der Waals surface area contributed by atoms with Crippen LogP contribution in [0.4, 0.5) is 4.79 Å². The van der Waals surface area contributed by atoms with E-state index in [-0.39, 0.29) is 12.6 Å². The molecule has 1 aliphatic heterocycles. The van der Waals surface area contributed by atoms with Crippen molar-refractivity contribution in [3.63, 3.8) is 0 Å². The first-order valence-corrected chi connectivity index (χ1v) is 8.41. The Morgan fingerprint density at radius 1 is 1.52 bits per heavy atom. The molecule has 1 amide bonds. The zero-order valence-electron chi connectivity index (χ0n) is 13.4. The second-order valence-corrected chi connectivity index (χ2v) is 7.41. The Balaban J connectivity index is 1.87. The smallest absolute Gasteiger partial charge is 0.411 e. The van der Waals surface area contributed by atoms with Crippen LogP contribution in [-0.2, 0) is 4.74 Å². The second-order valence-electron chi connectivity index (χ2n) is 6.56. The van der Waals surface area contributed by atoms with Crippen LogP contribution in [0.5, 0.6) is 0 Å². The molecule has 2 aromatic heterocycles. The number of aromatic nitrogens is 1. The van der Waals surface area contributed by atoms with Gasteiger partial charge in [0.2, 0.25) is 0 Å². The monoisotopic (exact) mass is 332 g/mol. The van der Waals surface area contributed by atoms with Crippen molar-refractivity contribution in [2.75, 3.05) is 13.2 Å². The van der Waals surface area contributed by atoms with Gasteiger partial charge < -0.3 is 9.84 Å². The molecule has 1 aliphatic rings. The summed E-state index contributed by atoms with van der Waals surface area (Å²) in [6.07, 6.45) is 3.31. The van der Waals surface area contributed by atoms with E-state index in [1.165, 1.54) is 0 Å². The zero-order valence-corrected chi connectivity index (χ0v) is 14.3. The van der Waals surface area contributed by atoms with Crippen molar-refractivity contribution in [2.45, 2.75) is 32.4 Å². The van der Waals surface area contributed by atoms with E-state index in [2.05, 4.69) is 10.4 Å². The molecule has 1 N–H and O–H groups in total. The van der Waals surface area contributed by atoms with E-state index < -0.39 is 11.7 Å². The maximum absolute atomic E-state index is 12.4. The molecule has 0 aromatic carbocycles. The first-order chi connectivity index (χ1) is 10.9. The van der Waals surface area contributed by atoms with Gasteiger partial charge in [-0.2, -0.15) is 0 Å². The summed E-state index contributed by atoms with van der Waals surface area (Å²) >= 11 is 1.58. The van der Waals surface area contributed by atoms with E-state index in [4.69, 9.17) is 4.74 Å². The molecular weight excluding hydrogens is 312 g/mol. The highest BCUT2D eigenvalue weighted by Gasteiger charge is 2.33. The van der Waals surface area contributed by atoms with Crippen LogP contribution in [0.3, 0.4) is 0 Å². The molecule has 0 aliphatic carbocycles. The standard InChI is InChI=1S/C17H20N2O3S/c1-17(2,3)22-16(21)19-8-11(7-12(19)9-20)14-10-23-15-13(14)5-4-6-18-15/h4-7,10,12,20H,8-9H2,1-3H3. The SMILES string of the molecule is CC(C)(C)OC(=O)N1CC(c2csc3ncccc23)=CC1CO. The Hall–Kier alpha value is -1.92. The van der Waals surface area contributed by atoms with Crippen LogP contribution >= 0.6 is 11.3 Å². The molecule has 23 heavy (non-hydrogen) atoms. The molecule has 6 heteroatoms. The average molecular weight is 332 g/mol.